The van der Waals surface area contributed by atoms with E-state index in [-0.39, 0.29) is 17.8 Å². The lowest BCUT2D eigenvalue weighted by molar-refractivity contribution is -0.116. The topological polar surface area (TPSA) is 106 Å². The predicted octanol–water partition coefficient (Wildman–Crippen LogP) is 1.54. The maximum atomic E-state index is 12.0. The van der Waals surface area contributed by atoms with Gasteiger partial charge in [0, 0.05) is 19.1 Å². The molecular weight excluding hydrogens is 274 g/mol. The Morgan fingerprint density at radius 3 is 2.76 bits per heavy atom. The van der Waals surface area contributed by atoms with Gasteiger partial charge in [0.1, 0.15) is 5.75 Å². The van der Waals surface area contributed by atoms with Gasteiger partial charge in [0.15, 0.2) is 5.84 Å². The number of para-hydroxylation sites is 1. The Morgan fingerprint density at radius 1 is 1.48 bits per heavy atom. The predicted molar refractivity (Wildman–Crippen MR) is 79.8 cm³/mol. The van der Waals surface area contributed by atoms with E-state index in [1.54, 1.807) is 25.3 Å². The second kappa shape index (κ2) is 8.11. The SMILES string of the molecule is COc1cccc(/C(N)=N/O)c1NC(=O)CCC(C)OC. The number of methoxy groups -OCH3 is 2. The van der Waals surface area contributed by atoms with E-state index in [0.29, 0.717) is 29.8 Å². The summed E-state index contributed by atoms with van der Waals surface area (Å²) in [6, 6.07) is 5.00. The highest BCUT2D eigenvalue weighted by atomic mass is 16.5. The van der Waals surface area contributed by atoms with Gasteiger partial charge in [-0.25, -0.2) is 0 Å². The maximum absolute atomic E-state index is 12.0. The van der Waals surface area contributed by atoms with Crippen LogP contribution >= 0.6 is 0 Å². The average Bonchev–Trinajstić information content (AvgIpc) is 2.51. The number of hydrogen-bond donors (Lipinski definition) is 3. The summed E-state index contributed by atoms with van der Waals surface area (Å²) in [7, 11) is 3.08. The van der Waals surface area contributed by atoms with E-state index in [1.807, 2.05) is 6.92 Å². The van der Waals surface area contributed by atoms with Gasteiger partial charge in [0.2, 0.25) is 5.91 Å². The molecule has 0 aliphatic heterocycles. The van der Waals surface area contributed by atoms with Crippen LogP contribution in [0.5, 0.6) is 5.75 Å². The zero-order valence-electron chi connectivity index (χ0n) is 12.4. The number of carbonyl (C=O) groups is 1. The lowest BCUT2D eigenvalue weighted by Gasteiger charge is -2.15. The molecule has 0 bridgehead atoms. The van der Waals surface area contributed by atoms with Gasteiger partial charge < -0.3 is 25.7 Å². The first kappa shape index (κ1) is 16.8. The van der Waals surface area contributed by atoms with Crippen molar-refractivity contribution in [1.82, 2.24) is 0 Å². The fourth-order valence-corrected chi connectivity index (χ4v) is 1.75. The van der Waals surface area contributed by atoms with Gasteiger partial charge in [-0.2, -0.15) is 0 Å². The molecular formula is C14H21N3O4. The quantitative estimate of drug-likeness (QED) is 0.306. The highest BCUT2D eigenvalue weighted by molar-refractivity contribution is 6.06. The minimum atomic E-state index is -0.199. The Morgan fingerprint density at radius 2 is 2.19 bits per heavy atom. The zero-order valence-corrected chi connectivity index (χ0v) is 12.4. The zero-order chi connectivity index (χ0) is 15.8. The molecule has 0 fully saturated rings. The Labute approximate surface area is 123 Å². The number of benzene rings is 1. The standard InChI is InChI=1S/C14H21N3O4/c1-9(20-2)7-8-12(18)16-13-10(14(15)17-19)5-4-6-11(13)21-3/h4-6,9,19H,7-8H2,1-3H3,(H2,15,17)(H,16,18). The lowest BCUT2D eigenvalue weighted by Crippen LogP contribution is -2.20. The molecule has 1 unspecified atom stereocenters. The number of nitrogens with one attached hydrogen (secondary N) is 1. The smallest absolute Gasteiger partial charge is 0.224 e. The van der Waals surface area contributed by atoms with E-state index in [1.165, 1.54) is 7.11 Å². The maximum Gasteiger partial charge on any atom is 0.224 e. The van der Waals surface area contributed by atoms with Crippen molar-refractivity contribution in [2.24, 2.45) is 10.9 Å². The summed E-state index contributed by atoms with van der Waals surface area (Å²) in [5.74, 6) is 0.136. The highest BCUT2D eigenvalue weighted by Crippen LogP contribution is 2.28. The summed E-state index contributed by atoms with van der Waals surface area (Å²) < 4.78 is 10.3. The number of oxime groups is 1. The molecule has 0 spiro atoms. The third-order valence-electron chi connectivity index (χ3n) is 3.07. The van der Waals surface area contributed by atoms with Gasteiger partial charge in [-0.15, -0.1) is 0 Å². The second-order valence-corrected chi connectivity index (χ2v) is 4.50. The Hall–Kier alpha value is -2.28. The molecule has 0 aromatic heterocycles. The molecule has 116 valence electrons. The Kier molecular flexibility index (Phi) is 6.48. The van der Waals surface area contributed by atoms with Crippen LogP contribution in [0.3, 0.4) is 0 Å². The molecule has 1 atom stereocenters. The van der Waals surface area contributed by atoms with Crippen molar-refractivity contribution in [2.45, 2.75) is 25.9 Å². The molecule has 0 saturated carbocycles. The number of rotatable bonds is 7. The van der Waals surface area contributed by atoms with Gasteiger partial charge in [-0.3, -0.25) is 4.79 Å². The molecule has 21 heavy (non-hydrogen) atoms. The lowest BCUT2D eigenvalue weighted by atomic mass is 10.1. The molecule has 1 aromatic rings. The third kappa shape index (κ3) is 4.64. The van der Waals surface area contributed by atoms with Crippen LogP contribution in [-0.4, -0.2) is 37.3 Å². The van der Waals surface area contributed by atoms with Crippen LogP contribution in [0.1, 0.15) is 25.3 Å². The monoisotopic (exact) mass is 295 g/mol. The van der Waals surface area contributed by atoms with Gasteiger partial charge >= 0.3 is 0 Å². The summed E-state index contributed by atoms with van der Waals surface area (Å²) in [4.78, 5) is 12.0. The van der Waals surface area contributed by atoms with Crippen LogP contribution in [0.15, 0.2) is 23.4 Å². The number of amidine groups is 1. The Balaban J connectivity index is 2.92. The summed E-state index contributed by atoms with van der Waals surface area (Å²) in [6.45, 7) is 1.89. The van der Waals surface area contributed by atoms with Crippen molar-refractivity contribution < 1.29 is 19.5 Å². The molecule has 7 nitrogen and oxygen atoms in total. The van der Waals surface area contributed by atoms with E-state index in [9.17, 15) is 4.79 Å². The Bertz CT molecular complexity index is 517. The van der Waals surface area contributed by atoms with Gasteiger partial charge in [0.05, 0.1) is 18.9 Å². The van der Waals surface area contributed by atoms with Crippen LogP contribution in [0.25, 0.3) is 0 Å². The van der Waals surface area contributed by atoms with Crippen molar-refractivity contribution in [2.75, 3.05) is 19.5 Å². The first-order chi connectivity index (χ1) is 10.0. The largest absolute Gasteiger partial charge is 0.495 e. The number of nitrogens with two attached hydrogens (primary N) is 1. The summed E-state index contributed by atoms with van der Waals surface area (Å²) in [6.07, 6.45) is 0.885. The number of amides is 1. The molecule has 1 rings (SSSR count). The van der Waals surface area contributed by atoms with Crippen molar-refractivity contribution in [3.63, 3.8) is 0 Å². The fraction of sp³-hybridized carbons (Fsp3) is 0.429. The number of nitrogens with zero attached hydrogens (tertiary/aromatic N) is 1. The molecule has 1 amide bonds. The normalized spacial score (nSPS) is 12.8. The molecule has 0 aliphatic carbocycles. The molecule has 4 N–H and O–H groups in total. The molecule has 0 saturated heterocycles. The number of anilines is 1. The molecule has 0 aliphatic rings. The highest BCUT2D eigenvalue weighted by Gasteiger charge is 2.15. The van der Waals surface area contributed by atoms with E-state index in [0.717, 1.165) is 0 Å². The van der Waals surface area contributed by atoms with E-state index in [2.05, 4.69) is 10.5 Å². The number of hydrogen-bond acceptors (Lipinski definition) is 5. The van der Waals surface area contributed by atoms with E-state index in [4.69, 9.17) is 20.4 Å². The summed E-state index contributed by atoms with van der Waals surface area (Å²) in [5.41, 5.74) is 6.38. The van der Waals surface area contributed by atoms with Crippen LogP contribution in [-0.2, 0) is 9.53 Å². The van der Waals surface area contributed by atoms with Crippen molar-refractivity contribution in [1.29, 1.82) is 0 Å². The number of carbonyl (C=O) groups excluding carboxylic acids is 1. The van der Waals surface area contributed by atoms with Gasteiger partial charge in [-0.05, 0) is 25.5 Å². The molecule has 0 heterocycles. The minimum absolute atomic E-state index is 0.00281. The van der Waals surface area contributed by atoms with Crippen LogP contribution in [0.2, 0.25) is 0 Å². The third-order valence-corrected chi connectivity index (χ3v) is 3.07. The fourth-order valence-electron chi connectivity index (χ4n) is 1.75. The second-order valence-electron chi connectivity index (χ2n) is 4.50. The average molecular weight is 295 g/mol. The first-order valence-corrected chi connectivity index (χ1v) is 6.51. The van der Waals surface area contributed by atoms with Gasteiger partial charge in [-0.1, -0.05) is 11.2 Å². The van der Waals surface area contributed by atoms with Crippen molar-refractivity contribution in [3.05, 3.63) is 23.8 Å². The number of ether oxygens (including phenoxy) is 2. The van der Waals surface area contributed by atoms with Crippen LogP contribution in [0.4, 0.5) is 5.69 Å². The molecule has 0 radical (unpaired) electrons. The van der Waals surface area contributed by atoms with Crippen molar-refractivity contribution in [3.8, 4) is 5.75 Å². The molecule has 1 aromatic carbocycles. The molecule has 7 heteroatoms. The summed E-state index contributed by atoms with van der Waals surface area (Å²) in [5, 5.41) is 14.5. The van der Waals surface area contributed by atoms with Gasteiger partial charge in [0.25, 0.3) is 0 Å². The van der Waals surface area contributed by atoms with Crippen LogP contribution in [0, 0.1) is 0 Å². The van der Waals surface area contributed by atoms with Crippen LogP contribution < -0.4 is 15.8 Å². The first-order valence-electron chi connectivity index (χ1n) is 6.51. The summed E-state index contributed by atoms with van der Waals surface area (Å²) >= 11 is 0. The van der Waals surface area contributed by atoms with Crippen molar-refractivity contribution >= 4 is 17.4 Å². The van der Waals surface area contributed by atoms with E-state index < -0.39 is 0 Å². The van der Waals surface area contributed by atoms with E-state index >= 15 is 0 Å². The minimum Gasteiger partial charge on any atom is -0.495 e.